The number of Topliss-reactive ketones (excluding diaryl/α,β-unsaturated/α-hetero) is 1. The number of halogens is 1. The molecule has 13 heavy (non-hydrogen) atoms. The van der Waals surface area contributed by atoms with Crippen molar-refractivity contribution in [2.24, 2.45) is 0 Å². The molecular formula is C11H15ClO. The summed E-state index contributed by atoms with van der Waals surface area (Å²) in [6.07, 6.45) is 5.40. The Morgan fingerprint density at radius 1 is 1.54 bits per heavy atom. The molecule has 1 rings (SSSR count). The largest absolute Gasteiger partial charge is 0.295 e. The molecule has 0 aliphatic heterocycles. The summed E-state index contributed by atoms with van der Waals surface area (Å²) in [5, 5.41) is 0.763. The van der Waals surface area contributed by atoms with Crippen LogP contribution in [0.25, 0.3) is 0 Å². The number of hydrogen-bond donors (Lipinski definition) is 0. The Balaban J connectivity index is 2.75. The molecule has 0 aromatic heterocycles. The molecule has 0 spiro atoms. The van der Waals surface area contributed by atoms with Crippen molar-refractivity contribution in [1.82, 2.24) is 0 Å². The fourth-order valence-corrected chi connectivity index (χ4v) is 1.66. The summed E-state index contributed by atoms with van der Waals surface area (Å²) in [7, 11) is 0. The van der Waals surface area contributed by atoms with Crippen LogP contribution in [-0.2, 0) is 4.79 Å². The predicted molar refractivity (Wildman–Crippen MR) is 55.8 cm³/mol. The monoisotopic (exact) mass is 198 g/mol. The summed E-state index contributed by atoms with van der Waals surface area (Å²) >= 11 is 5.72. The first-order chi connectivity index (χ1) is 6.11. The highest BCUT2D eigenvalue weighted by atomic mass is 35.5. The van der Waals surface area contributed by atoms with Gasteiger partial charge in [-0.15, -0.1) is 0 Å². The third-order valence-corrected chi connectivity index (χ3v) is 2.55. The molecule has 0 amide bonds. The Morgan fingerprint density at radius 2 is 2.23 bits per heavy atom. The minimum Gasteiger partial charge on any atom is -0.295 e. The highest BCUT2D eigenvalue weighted by Crippen LogP contribution is 2.24. The van der Waals surface area contributed by atoms with Crippen molar-refractivity contribution in [3.63, 3.8) is 0 Å². The molecule has 0 bridgehead atoms. The van der Waals surface area contributed by atoms with Crippen LogP contribution in [0.15, 0.2) is 22.3 Å². The van der Waals surface area contributed by atoms with Gasteiger partial charge in [0.2, 0.25) is 0 Å². The SMILES string of the molecule is CC(Cl)=CCC1=C(C)CCCC1=O. The smallest absolute Gasteiger partial charge is 0.159 e. The topological polar surface area (TPSA) is 17.1 Å². The van der Waals surface area contributed by atoms with Crippen LogP contribution in [0, 0.1) is 0 Å². The number of carbonyl (C=O) groups is 1. The number of allylic oxidation sites excluding steroid dienone is 4. The molecule has 1 aliphatic rings. The van der Waals surface area contributed by atoms with Crippen LogP contribution in [0.4, 0.5) is 0 Å². The van der Waals surface area contributed by atoms with Crippen LogP contribution in [0.5, 0.6) is 0 Å². The van der Waals surface area contributed by atoms with E-state index in [1.165, 1.54) is 5.57 Å². The lowest BCUT2D eigenvalue weighted by molar-refractivity contribution is -0.116. The van der Waals surface area contributed by atoms with E-state index in [2.05, 4.69) is 0 Å². The molecule has 0 saturated heterocycles. The van der Waals surface area contributed by atoms with Gasteiger partial charge in [-0.05, 0) is 38.7 Å². The molecule has 0 atom stereocenters. The average Bonchev–Trinajstić information content (AvgIpc) is 2.03. The van der Waals surface area contributed by atoms with E-state index >= 15 is 0 Å². The van der Waals surface area contributed by atoms with Gasteiger partial charge in [-0.3, -0.25) is 4.79 Å². The van der Waals surface area contributed by atoms with Gasteiger partial charge < -0.3 is 0 Å². The number of carbonyl (C=O) groups excluding carboxylic acids is 1. The second-order valence-corrected chi connectivity index (χ2v) is 4.13. The Labute approximate surface area is 84.5 Å². The molecule has 0 radical (unpaired) electrons. The summed E-state index contributed by atoms with van der Waals surface area (Å²) in [6, 6.07) is 0. The first-order valence-corrected chi connectivity index (χ1v) is 5.03. The molecule has 1 nitrogen and oxygen atoms in total. The zero-order valence-corrected chi connectivity index (χ0v) is 8.95. The zero-order chi connectivity index (χ0) is 9.84. The van der Waals surface area contributed by atoms with E-state index in [9.17, 15) is 4.79 Å². The van der Waals surface area contributed by atoms with E-state index in [0.717, 1.165) is 23.4 Å². The van der Waals surface area contributed by atoms with Crippen molar-refractivity contribution in [2.75, 3.05) is 0 Å². The van der Waals surface area contributed by atoms with Gasteiger partial charge in [0.15, 0.2) is 5.78 Å². The van der Waals surface area contributed by atoms with E-state index in [1.807, 2.05) is 19.9 Å². The van der Waals surface area contributed by atoms with Crippen LogP contribution in [-0.4, -0.2) is 5.78 Å². The van der Waals surface area contributed by atoms with Crippen molar-refractivity contribution in [2.45, 2.75) is 39.5 Å². The van der Waals surface area contributed by atoms with Crippen LogP contribution in [0.2, 0.25) is 0 Å². The standard InChI is InChI=1S/C11H15ClO/c1-8-4-3-5-11(13)10(8)7-6-9(2)12/h6H,3-5,7H2,1-2H3. The fourth-order valence-electron chi connectivity index (χ4n) is 1.58. The van der Waals surface area contributed by atoms with Gasteiger partial charge in [0.25, 0.3) is 0 Å². The Hall–Kier alpha value is -0.560. The Morgan fingerprint density at radius 3 is 2.77 bits per heavy atom. The number of ketones is 1. The quantitative estimate of drug-likeness (QED) is 0.663. The average molecular weight is 199 g/mol. The maximum absolute atomic E-state index is 11.5. The van der Waals surface area contributed by atoms with Gasteiger partial charge in [-0.25, -0.2) is 0 Å². The maximum atomic E-state index is 11.5. The van der Waals surface area contributed by atoms with E-state index in [4.69, 9.17) is 11.6 Å². The summed E-state index contributed by atoms with van der Waals surface area (Å²) in [4.78, 5) is 11.5. The van der Waals surface area contributed by atoms with Crippen LogP contribution in [0.3, 0.4) is 0 Å². The molecule has 0 N–H and O–H groups in total. The van der Waals surface area contributed by atoms with E-state index in [1.54, 1.807) is 0 Å². The molecule has 0 heterocycles. The minimum absolute atomic E-state index is 0.304. The van der Waals surface area contributed by atoms with Crippen molar-refractivity contribution in [3.8, 4) is 0 Å². The molecule has 2 heteroatoms. The summed E-state index contributed by atoms with van der Waals surface area (Å²) in [6.45, 7) is 3.88. The lowest BCUT2D eigenvalue weighted by Crippen LogP contribution is -2.09. The zero-order valence-electron chi connectivity index (χ0n) is 8.19. The van der Waals surface area contributed by atoms with Gasteiger partial charge in [-0.2, -0.15) is 0 Å². The minimum atomic E-state index is 0.304. The summed E-state index contributed by atoms with van der Waals surface area (Å²) < 4.78 is 0. The van der Waals surface area contributed by atoms with Gasteiger partial charge in [0.05, 0.1) is 0 Å². The van der Waals surface area contributed by atoms with E-state index < -0.39 is 0 Å². The first kappa shape index (κ1) is 10.5. The van der Waals surface area contributed by atoms with Gasteiger partial charge in [0, 0.05) is 11.5 Å². The predicted octanol–water partition coefficient (Wildman–Crippen LogP) is 3.59. The van der Waals surface area contributed by atoms with Crippen LogP contribution in [0.1, 0.15) is 39.5 Å². The summed E-state index contributed by atoms with van der Waals surface area (Å²) in [5.41, 5.74) is 2.22. The van der Waals surface area contributed by atoms with E-state index in [0.29, 0.717) is 18.6 Å². The maximum Gasteiger partial charge on any atom is 0.159 e. The number of rotatable bonds is 2. The Kier molecular flexibility index (Phi) is 3.73. The lowest BCUT2D eigenvalue weighted by Gasteiger charge is -2.15. The van der Waals surface area contributed by atoms with Crippen molar-refractivity contribution >= 4 is 17.4 Å². The van der Waals surface area contributed by atoms with Crippen molar-refractivity contribution in [1.29, 1.82) is 0 Å². The molecular weight excluding hydrogens is 184 g/mol. The normalized spacial score (nSPS) is 19.6. The summed E-state index contributed by atoms with van der Waals surface area (Å²) in [5.74, 6) is 0.304. The van der Waals surface area contributed by atoms with Gasteiger partial charge in [0.1, 0.15) is 0 Å². The van der Waals surface area contributed by atoms with Gasteiger partial charge >= 0.3 is 0 Å². The second-order valence-electron chi connectivity index (χ2n) is 3.53. The third-order valence-electron chi connectivity index (χ3n) is 2.39. The molecule has 0 fully saturated rings. The first-order valence-electron chi connectivity index (χ1n) is 4.65. The Bertz CT molecular complexity index is 270. The highest BCUT2D eigenvalue weighted by molar-refractivity contribution is 6.29. The molecule has 1 aliphatic carbocycles. The van der Waals surface area contributed by atoms with Gasteiger partial charge in [-0.1, -0.05) is 23.3 Å². The number of hydrogen-bond acceptors (Lipinski definition) is 1. The van der Waals surface area contributed by atoms with Crippen LogP contribution >= 0.6 is 11.6 Å². The molecule has 0 aromatic rings. The molecule has 0 saturated carbocycles. The van der Waals surface area contributed by atoms with Crippen molar-refractivity contribution < 1.29 is 4.79 Å². The molecule has 0 unspecified atom stereocenters. The third kappa shape index (κ3) is 3.00. The fraction of sp³-hybridized carbons (Fsp3) is 0.545. The second kappa shape index (κ2) is 4.61. The van der Waals surface area contributed by atoms with Crippen molar-refractivity contribution in [3.05, 3.63) is 22.3 Å². The molecule has 72 valence electrons. The van der Waals surface area contributed by atoms with Crippen LogP contribution < -0.4 is 0 Å². The lowest BCUT2D eigenvalue weighted by atomic mass is 9.90. The van der Waals surface area contributed by atoms with E-state index in [-0.39, 0.29) is 0 Å². The molecule has 0 aromatic carbocycles. The highest BCUT2D eigenvalue weighted by Gasteiger charge is 2.16.